The van der Waals surface area contributed by atoms with Crippen LogP contribution in [0.5, 0.6) is 5.75 Å². The lowest BCUT2D eigenvalue weighted by Gasteiger charge is -2.18. The van der Waals surface area contributed by atoms with E-state index in [2.05, 4.69) is 6.08 Å². The number of hydrogen-bond acceptors (Lipinski definition) is 2. The van der Waals surface area contributed by atoms with Crippen molar-refractivity contribution in [2.75, 3.05) is 7.11 Å². The van der Waals surface area contributed by atoms with E-state index in [0.717, 1.165) is 19.3 Å². The minimum Gasteiger partial charge on any atom is -0.494 e. The van der Waals surface area contributed by atoms with Crippen LogP contribution < -0.4 is 10.5 Å². The molecule has 1 aliphatic rings. The standard InChI is InChI=1S/C15H20FNO/c1-18-14-9-5-8-12(15(14)16)13(17)10-11-6-3-2-4-7-11/h5-6,8-9,13H,2-4,7,10,17H2,1H3. The quantitative estimate of drug-likeness (QED) is 0.825. The summed E-state index contributed by atoms with van der Waals surface area (Å²) >= 11 is 0. The van der Waals surface area contributed by atoms with Crippen LogP contribution in [0.4, 0.5) is 4.39 Å². The van der Waals surface area contributed by atoms with Crippen molar-refractivity contribution in [1.29, 1.82) is 0 Å². The highest BCUT2D eigenvalue weighted by molar-refractivity contribution is 5.33. The van der Waals surface area contributed by atoms with Gasteiger partial charge in [0.25, 0.3) is 0 Å². The zero-order chi connectivity index (χ0) is 13.0. The van der Waals surface area contributed by atoms with Gasteiger partial charge in [-0.25, -0.2) is 4.39 Å². The normalized spacial score (nSPS) is 17.2. The highest BCUT2D eigenvalue weighted by Crippen LogP contribution is 2.30. The Morgan fingerprint density at radius 1 is 1.39 bits per heavy atom. The third-order valence-corrected chi connectivity index (χ3v) is 3.48. The second-order valence-corrected chi connectivity index (χ2v) is 4.78. The molecule has 0 aliphatic heterocycles. The minimum absolute atomic E-state index is 0.264. The lowest BCUT2D eigenvalue weighted by molar-refractivity contribution is 0.382. The Morgan fingerprint density at radius 3 is 2.89 bits per heavy atom. The summed E-state index contributed by atoms with van der Waals surface area (Å²) in [7, 11) is 1.47. The largest absolute Gasteiger partial charge is 0.494 e. The van der Waals surface area contributed by atoms with Gasteiger partial charge >= 0.3 is 0 Å². The highest BCUT2D eigenvalue weighted by atomic mass is 19.1. The maximum atomic E-state index is 14.1. The molecule has 0 aromatic heterocycles. The molecule has 0 saturated carbocycles. The second-order valence-electron chi connectivity index (χ2n) is 4.78. The summed E-state index contributed by atoms with van der Waals surface area (Å²) in [5.41, 5.74) is 8.01. The zero-order valence-corrected chi connectivity index (χ0v) is 10.8. The van der Waals surface area contributed by atoms with Crippen LogP contribution in [0.3, 0.4) is 0 Å². The summed E-state index contributed by atoms with van der Waals surface area (Å²) < 4.78 is 19.0. The van der Waals surface area contributed by atoms with Crippen LogP contribution in [-0.4, -0.2) is 7.11 Å². The SMILES string of the molecule is COc1cccc(C(N)CC2=CCCCC2)c1F. The van der Waals surface area contributed by atoms with Gasteiger partial charge in [0.2, 0.25) is 0 Å². The van der Waals surface area contributed by atoms with Crippen LogP contribution in [0.25, 0.3) is 0 Å². The van der Waals surface area contributed by atoms with E-state index in [9.17, 15) is 4.39 Å². The van der Waals surface area contributed by atoms with Crippen molar-refractivity contribution < 1.29 is 9.13 Å². The summed E-state index contributed by atoms with van der Waals surface area (Å²) in [6, 6.07) is 4.86. The fourth-order valence-electron chi connectivity index (χ4n) is 2.45. The van der Waals surface area contributed by atoms with Gasteiger partial charge in [-0.15, -0.1) is 0 Å². The molecule has 98 valence electrons. The molecular weight excluding hydrogens is 229 g/mol. The molecule has 0 saturated heterocycles. The van der Waals surface area contributed by atoms with E-state index >= 15 is 0 Å². The van der Waals surface area contributed by atoms with Gasteiger partial charge in [-0.3, -0.25) is 0 Å². The monoisotopic (exact) mass is 249 g/mol. The van der Waals surface area contributed by atoms with Crippen LogP contribution in [0.2, 0.25) is 0 Å². The van der Waals surface area contributed by atoms with Crippen LogP contribution in [0.15, 0.2) is 29.8 Å². The summed E-state index contributed by atoms with van der Waals surface area (Å²) in [4.78, 5) is 0. The van der Waals surface area contributed by atoms with E-state index in [1.54, 1.807) is 18.2 Å². The van der Waals surface area contributed by atoms with Gasteiger partial charge < -0.3 is 10.5 Å². The van der Waals surface area contributed by atoms with E-state index in [1.165, 1.54) is 25.5 Å². The van der Waals surface area contributed by atoms with E-state index < -0.39 is 0 Å². The molecule has 0 bridgehead atoms. The fraction of sp³-hybridized carbons (Fsp3) is 0.467. The molecular formula is C15H20FNO. The molecule has 0 radical (unpaired) electrons. The molecule has 3 heteroatoms. The molecule has 1 unspecified atom stereocenters. The topological polar surface area (TPSA) is 35.2 Å². The van der Waals surface area contributed by atoms with E-state index in [1.807, 2.05) is 0 Å². The number of ether oxygens (including phenoxy) is 1. The molecule has 0 spiro atoms. The molecule has 18 heavy (non-hydrogen) atoms. The highest BCUT2D eigenvalue weighted by Gasteiger charge is 2.17. The van der Waals surface area contributed by atoms with E-state index in [0.29, 0.717) is 5.56 Å². The number of allylic oxidation sites excluding steroid dienone is 1. The third kappa shape index (κ3) is 2.91. The first-order chi connectivity index (χ1) is 8.72. The van der Waals surface area contributed by atoms with Crippen LogP contribution in [0, 0.1) is 5.82 Å². The maximum Gasteiger partial charge on any atom is 0.169 e. The average Bonchev–Trinajstić information content (AvgIpc) is 2.40. The molecule has 2 rings (SSSR count). The molecule has 1 aromatic carbocycles. The molecule has 0 fully saturated rings. The Hall–Kier alpha value is -1.35. The van der Waals surface area contributed by atoms with Crippen molar-refractivity contribution in [1.82, 2.24) is 0 Å². The van der Waals surface area contributed by atoms with Gasteiger partial charge in [0, 0.05) is 11.6 Å². The zero-order valence-electron chi connectivity index (χ0n) is 10.8. The number of methoxy groups -OCH3 is 1. The van der Waals surface area contributed by atoms with Crippen molar-refractivity contribution in [2.45, 2.75) is 38.1 Å². The average molecular weight is 249 g/mol. The lowest BCUT2D eigenvalue weighted by atomic mass is 9.92. The first kappa shape index (κ1) is 13.1. The predicted molar refractivity (Wildman–Crippen MR) is 71.0 cm³/mol. The number of halogens is 1. The van der Waals surface area contributed by atoms with Gasteiger partial charge in [0.1, 0.15) is 0 Å². The van der Waals surface area contributed by atoms with Gasteiger partial charge in [-0.1, -0.05) is 23.8 Å². The molecule has 2 N–H and O–H groups in total. The Morgan fingerprint density at radius 2 is 2.22 bits per heavy atom. The van der Waals surface area contributed by atoms with Gasteiger partial charge in [-0.05, 0) is 38.2 Å². The summed E-state index contributed by atoms with van der Waals surface area (Å²) in [6.07, 6.45) is 7.69. The smallest absolute Gasteiger partial charge is 0.169 e. The molecule has 1 aliphatic carbocycles. The Kier molecular flexibility index (Phi) is 4.37. The Balaban J connectivity index is 2.13. The number of rotatable bonds is 4. The van der Waals surface area contributed by atoms with Gasteiger partial charge in [0.05, 0.1) is 7.11 Å². The van der Waals surface area contributed by atoms with Crippen LogP contribution in [0.1, 0.15) is 43.7 Å². The molecule has 0 heterocycles. The molecule has 0 amide bonds. The summed E-state index contributed by atoms with van der Waals surface area (Å²) in [5, 5.41) is 0. The molecule has 2 nitrogen and oxygen atoms in total. The second kappa shape index (κ2) is 6.01. The van der Waals surface area contributed by atoms with Crippen molar-refractivity contribution in [3.05, 3.63) is 41.2 Å². The lowest BCUT2D eigenvalue weighted by Crippen LogP contribution is -2.14. The van der Waals surface area contributed by atoms with Crippen LogP contribution >= 0.6 is 0 Å². The molecule has 1 atom stereocenters. The Labute approximate surface area is 108 Å². The molecule has 1 aromatic rings. The van der Waals surface area contributed by atoms with Crippen molar-refractivity contribution in [2.24, 2.45) is 5.73 Å². The van der Waals surface area contributed by atoms with E-state index in [-0.39, 0.29) is 17.6 Å². The Bertz CT molecular complexity index is 442. The first-order valence-corrected chi connectivity index (χ1v) is 6.48. The first-order valence-electron chi connectivity index (χ1n) is 6.48. The number of benzene rings is 1. The van der Waals surface area contributed by atoms with E-state index in [4.69, 9.17) is 10.5 Å². The van der Waals surface area contributed by atoms with Crippen LogP contribution in [-0.2, 0) is 0 Å². The van der Waals surface area contributed by atoms with Crippen molar-refractivity contribution in [3.63, 3.8) is 0 Å². The summed E-state index contributed by atoms with van der Waals surface area (Å²) in [6.45, 7) is 0. The summed E-state index contributed by atoms with van der Waals surface area (Å²) in [5.74, 6) is -0.0653. The maximum absolute atomic E-state index is 14.1. The van der Waals surface area contributed by atoms with Crippen molar-refractivity contribution in [3.8, 4) is 5.75 Å². The minimum atomic E-state index is -0.330. The van der Waals surface area contributed by atoms with Gasteiger partial charge in [-0.2, -0.15) is 0 Å². The fourth-order valence-corrected chi connectivity index (χ4v) is 2.45. The number of nitrogens with two attached hydrogens (primary N) is 1. The number of hydrogen-bond donors (Lipinski definition) is 1. The third-order valence-electron chi connectivity index (χ3n) is 3.48. The van der Waals surface area contributed by atoms with Gasteiger partial charge in [0.15, 0.2) is 11.6 Å². The van der Waals surface area contributed by atoms with Crippen molar-refractivity contribution >= 4 is 0 Å². The predicted octanol–water partition coefficient (Wildman–Crippen LogP) is 3.72.